The number of hydrogen-bond donors (Lipinski definition) is 1. The van der Waals surface area contributed by atoms with Crippen LogP contribution in [0.5, 0.6) is 0 Å². The highest BCUT2D eigenvalue weighted by molar-refractivity contribution is 5.15. The Morgan fingerprint density at radius 2 is 1.79 bits per heavy atom. The van der Waals surface area contributed by atoms with E-state index in [4.69, 9.17) is 0 Å². The van der Waals surface area contributed by atoms with Gasteiger partial charge < -0.3 is 10.2 Å². The number of likely N-dealkylation sites (tertiary alicyclic amines) is 1. The van der Waals surface area contributed by atoms with Crippen LogP contribution >= 0.6 is 0 Å². The Hall–Kier alpha value is -0.860. The molecule has 1 aromatic rings. The third-order valence-corrected chi connectivity index (χ3v) is 4.37. The molecule has 0 aliphatic carbocycles. The summed E-state index contributed by atoms with van der Waals surface area (Å²) >= 11 is 0. The van der Waals surface area contributed by atoms with Gasteiger partial charge in [0.25, 0.3) is 0 Å². The Morgan fingerprint density at radius 3 is 2.37 bits per heavy atom. The first-order chi connectivity index (χ1) is 9.09. The SMILES string of the molecule is CNC(C)(C)CN1CCC(Cc2ccccc2)CC1. The lowest BCUT2D eigenvalue weighted by Gasteiger charge is -2.37. The lowest BCUT2D eigenvalue weighted by molar-refractivity contribution is 0.147. The summed E-state index contributed by atoms with van der Waals surface area (Å²) in [4.78, 5) is 2.61. The van der Waals surface area contributed by atoms with Crippen LogP contribution in [0.4, 0.5) is 0 Å². The van der Waals surface area contributed by atoms with Gasteiger partial charge in [0.05, 0.1) is 0 Å². The van der Waals surface area contributed by atoms with Crippen LogP contribution < -0.4 is 5.32 Å². The van der Waals surface area contributed by atoms with Crippen LogP contribution in [-0.4, -0.2) is 37.1 Å². The van der Waals surface area contributed by atoms with Crippen LogP contribution in [0.1, 0.15) is 32.3 Å². The van der Waals surface area contributed by atoms with Crippen molar-refractivity contribution in [3.63, 3.8) is 0 Å². The second-order valence-corrected chi connectivity index (χ2v) is 6.54. The summed E-state index contributed by atoms with van der Waals surface area (Å²) < 4.78 is 0. The monoisotopic (exact) mass is 260 g/mol. The number of likely N-dealkylation sites (N-methyl/N-ethyl adjacent to an activating group) is 1. The van der Waals surface area contributed by atoms with Crippen molar-refractivity contribution in [3.8, 4) is 0 Å². The molecule has 0 radical (unpaired) electrons. The van der Waals surface area contributed by atoms with Crippen molar-refractivity contribution in [2.75, 3.05) is 26.7 Å². The summed E-state index contributed by atoms with van der Waals surface area (Å²) in [6, 6.07) is 10.9. The van der Waals surface area contributed by atoms with Crippen LogP contribution in [0.2, 0.25) is 0 Å². The number of benzene rings is 1. The van der Waals surface area contributed by atoms with Gasteiger partial charge in [0.2, 0.25) is 0 Å². The molecular formula is C17H28N2. The van der Waals surface area contributed by atoms with Gasteiger partial charge in [-0.3, -0.25) is 0 Å². The molecule has 2 nitrogen and oxygen atoms in total. The van der Waals surface area contributed by atoms with Crippen molar-refractivity contribution >= 4 is 0 Å². The minimum atomic E-state index is 0.228. The zero-order valence-electron chi connectivity index (χ0n) is 12.7. The van der Waals surface area contributed by atoms with Gasteiger partial charge in [-0.15, -0.1) is 0 Å². The van der Waals surface area contributed by atoms with Gasteiger partial charge in [-0.1, -0.05) is 30.3 Å². The first kappa shape index (κ1) is 14.5. The molecule has 0 atom stereocenters. The molecule has 19 heavy (non-hydrogen) atoms. The van der Waals surface area contributed by atoms with Crippen LogP contribution in [0, 0.1) is 5.92 Å². The molecule has 2 rings (SSSR count). The minimum absolute atomic E-state index is 0.228. The predicted molar refractivity (Wildman–Crippen MR) is 82.4 cm³/mol. The maximum atomic E-state index is 3.40. The van der Waals surface area contributed by atoms with Crippen molar-refractivity contribution in [3.05, 3.63) is 35.9 Å². The first-order valence-corrected chi connectivity index (χ1v) is 7.54. The van der Waals surface area contributed by atoms with Crippen LogP contribution in [0.25, 0.3) is 0 Å². The normalized spacial score (nSPS) is 18.7. The number of nitrogens with zero attached hydrogens (tertiary/aromatic N) is 1. The topological polar surface area (TPSA) is 15.3 Å². The van der Waals surface area contributed by atoms with Crippen LogP contribution in [0.3, 0.4) is 0 Å². The largest absolute Gasteiger partial charge is 0.314 e. The second-order valence-electron chi connectivity index (χ2n) is 6.54. The van der Waals surface area contributed by atoms with Gasteiger partial charge in [0.1, 0.15) is 0 Å². The van der Waals surface area contributed by atoms with Gasteiger partial charge >= 0.3 is 0 Å². The standard InChI is InChI=1S/C17H28N2/c1-17(2,18-3)14-19-11-9-16(10-12-19)13-15-7-5-4-6-8-15/h4-8,16,18H,9-14H2,1-3H3. The van der Waals surface area contributed by atoms with E-state index in [1.54, 1.807) is 0 Å². The van der Waals surface area contributed by atoms with E-state index < -0.39 is 0 Å². The average molecular weight is 260 g/mol. The van der Waals surface area contributed by atoms with E-state index in [1.165, 1.54) is 37.9 Å². The Bertz CT molecular complexity index is 364. The van der Waals surface area contributed by atoms with Crippen LogP contribution in [-0.2, 0) is 6.42 Å². The van der Waals surface area contributed by atoms with Gasteiger partial charge in [-0.05, 0) is 64.7 Å². The van der Waals surface area contributed by atoms with Gasteiger partial charge in [-0.25, -0.2) is 0 Å². The molecule has 0 bridgehead atoms. The van der Waals surface area contributed by atoms with E-state index in [0.29, 0.717) is 0 Å². The Kier molecular flexibility index (Phi) is 5.00. The molecule has 1 aliphatic heterocycles. The molecule has 1 N–H and O–H groups in total. The molecule has 0 unspecified atom stereocenters. The molecule has 0 aromatic heterocycles. The fourth-order valence-corrected chi connectivity index (χ4v) is 2.93. The molecule has 1 heterocycles. The lowest BCUT2D eigenvalue weighted by Crippen LogP contribution is -2.49. The highest BCUT2D eigenvalue weighted by Gasteiger charge is 2.24. The minimum Gasteiger partial charge on any atom is -0.314 e. The van der Waals surface area contributed by atoms with E-state index >= 15 is 0 Å². The quantitative estimate of drug-likeness (QED) is 0.875. The van der Waals surface area contributed by atoms with Gasteiger partial charge in [0.15, 0.2) is 0 Å². The summed E-state index contributed by atoms with van der Waals surface area (Å²) in [5.41, 5.74) is 1.73. The number of piperidine rings is 1. The third-order valence-electron chi connectivity index (χ3n) is 4.37. The second kappa shape index (κ2) is 6.53. The Morgan fingerprint density at radius 1 is 1.16 bits per heavy atom. The fourth-order valence-electron chi connectivity index (χ4n) is 2.93. The highest BCUT2D eigenvalue weighted by atomic mass is 15.2. The molecule has 0 amide bonds. The average Bonchev–Trinajstić information content (AvgIpc) is 2.42. The molecule has 1 saturated heterocycles. The molecule has 0 spiro atoms. The van der Waals surface area contributed by atoms with Gasteiger partial charge in [0, 0.05) is 12.1 Å². The molecule has 106 valence electrons. The smallest absolute Gasteiger partial charge is 0.0249 e. The zero-order chi connectivity index (χ0) is 13.7. The van der Waals surface area contributed by atoms with Crippen molar-refractivity contribution in [1.82, 2.24) is 10.2 Å². The zero-order valence-corrected chi connectivity index (χ0v) is 12.7. The van der Waals surface area contributed by atoms with Crippen LogP contribution in [0.15, 0.2) is 30.3 Å². The third kappa shape index (κ3) is 4.63. The summed E-state index contributed by atoms with van der Waals surface area (Å²) in [6.07, 6.45) is 3.94. The molecular weight excluding hydrogens is 232 g/mol. The Balaban J connectivity index is 1.77. The summed E-state index contributed by atoms with van der Waals surface area (Å²) in [5, 5.41) is 3.40. The van der Waals surface area contributed by atoms with Crippen molar-refractivity contribution in [1.29, 1.82) is 0 Å². The van der Waals surface area contributed by atoms with E-state index in [-0.39, 0.29) is 5.54 Å². The number of nitrogens with one attached hydrogen (secondary N) is 1. The predicted octanol–water partition coefficient (Wildman–Crippen LogP) is 2.94. The molecule has 2 heteroatoms. The Labute approximate surface area is 118 Å². The number of rotatable bonds is 5. The maximum absolute atomic E-state index is 3.40. The summed E-state index contributed by atoms with van der Waals surface area (Å²) in [5.74, 6) is 0.872. The van der Waals surface area contributed by atoms with Crippen molar-refractivity contribution in [2.45, 2.75) is 38.6 Å². The lowest BCUT2D eigenvalue weighted by atomic mass is 9.89. The number of hydrogen-bond acceptors (Lipinski definition) is 2. The van der Waals surface area contributed by atoms with E-state index in [2.05, 4.69) is 61.4 Å². The molecule has 1 aromatic carbocycles. The summed E-state index contributed by atoms with van der Waals surface area (Å²) in [6.45, 7) is 8.22. The molecule has 0 saturated carbocycles. The van der Waals surface area contributed by atoms with E-state index in [1.807, 2.05) is 0 Å². The molecule has 1 aliphatic rings. The van der Waals surface area contributed by atoms with E-state index in [0.717, 1.165) is 12.5 Å². The fraction of sp³-hybridized carbons (Fsp3) is 0.647. The summed E-state index contributed by atoms with van der Waals surface area (Å²) in [7, 11) is 2.06. The van der Waals surface area contributed by atoms with Crippen molar-refractivity contribution < 1.29 is 0 Å². The maximum Gasteiger partial charge on any atom is 0.0249 e. The van der Waals surface area contributed by atoms with Gasteiger partial charge in [-0.2, -0.15) is 0 Å². The first-order valence-electron chi connectivity index (χ1n) is 7.54. The van der Waals surface area contributed by atoms with Crippen molar-refractivity contribution in [2.24, 2.45) is 5.92 Å². The molecule has 1 fully saturated rings. The highest BCUT2D eigenvalue weighted by Crippen LogP contribution is 2.22. The van der Waals surface area contributed by atoms with E-state index in [9.17, 15) is 0 Å².